The number of rotatable bonds is 4. The van der Waals surface area contributed by atoms with E-state index in [2.05, 4.69) is 24.3 Å². The highest BCUT2D eigenvalue weighted by Crippen LogP contribution is 2.35. The molecule has 0 N–H and O–H groups in total. The van der Waals surface area contributed by atoms with Gasteiger partial charge in [0.1, 0.15) is 5.57 Å². The Morgan fingerprint density at radius 3 is 1.87 bits per heavy atom. The van der Waals surface area contributed by atoms with E-state index in [1.807, 2.05) is 54.8 Å². The van der Waals surface area contributed by atoms with Gasteiger partial charge in [0, 0.05) is 19.3 Å². The summed E-state index contributed by atoms with van der Waals surface area (Å²) in [5.41, 5.74) is 2.21. The van der Waals surface area contributed by atoms with E-state index >= 15 is 0 Å². The van der Waals surface area contributed by atoms with Crippen LogP contribution in [0.1, 0.15) is 17.0 Å². The van der Waals surface area contributed by atoms with Gasteiger partial charge in [-0.05, 0) is 42.7 Å². The van der Waals surface area contributed by atoms with Crippen molar-refractivity contribution in [2.45, 2.75) is 20.0 Å². The van der Waals surface area contributed by atoms with E-state index in [-0.39, 0.29) is 0 Å². The first kappa shape index (κ1) is 20.4. The maximum absolute atomic E-state index is 13.4. The van der Waals surface area contributed by atoms with E-state index in [4.69, 9.17) is 4.98 Å². The molecule has 0 radical (unpaired) electrons. The monoisotopic (exact) mass is 424 g/mol. The number of aromatic nitrogens is 2. The number of imidazole rings is 1. The molecule has 0 bridgehead atoms. The van der Waals surface area contributed by atoms with E-state index in [0.29, 0.717) is 5.69 Å². The molecule has 4 aromatic rings. The summed E-state index contributed by atoms with van der Waals surface area (Å²) in [5, 5.41) is 2.19. The molecule has 0 saturated carbocycles. The van der Waals surface area contributed by atoms with Crippen molar-refractivity contribution in [2.24, 2.45) is 0 Å². The second-order valence-corrected chi connectivity index (χ2v) is 9.08. The molecule has 0 spiro atoms. The number of alkyl halides is 3. The molecular formula is C24H20F3N2P. The summed E-state index contributed by atoms with van der Waals surface area (Å²) < 4.78 is 41.9. The maximum atomic E-state index is 13.4. The topological polar surface area (TPSA) is 17.8 Å². The molecule has 0 aliphatic rings. The van der Waals surface area contributed by atoms with Gasteiger partial charge < -0.3 is 0 Å². The minimum absolute atomic E-state index is 0.470. The molecule has 0 saturated heterocycles. The summed E-state index contributed by atoms with van der Waals surface area (Å²) in [7, 11) is -1.05. The Hall–Kier alpha value is -2.91. The Morgan fingerprint density at radius 1 is 0.767 bits per heavy atom. The van der Waals surface area contributed by atoms with Crippen molar-refractivity contribution in [3.8, 4) is 5.69 Å². The van der Waals surface area contributed by atoms with Crippen LogP contribution in [0.5, 0.6) is 0 Å². The minimum atomic E-state index is -4.40. The molecule has 2 nitrogen and oxygen atoms in total. The molecule has 0 amide bonds. The Kier molecular flexibility index (Phi) is 5.48. The van der Waals surface area contributed by atoms with Crippen LogP contribution in [-0.2, 0) is 6.18 Å². The largest absolute Gasteiger partial charge is 0.416 e. The van der Waals surface area contributed by atoms with Gasteiger partial charge >= 0.3 is 6.18 Å². The van der Waals surface area contributed by atoms with Crippen LogP contribution < -0.4 is 16.2 Å². The van der Waals surface area contributed by atoms with Gasteiger partial charge in [0.05, 0.1) is 11.3 Å². The molecule has 152 valence electrons. The maximum Gasteiger partial charge on any atom is 0.416 e. The van der Waals surface area contributed by atoms with Crippen LogP contribution in [0.2, 0.25) is 0 Å². The van der Waals surface area contributed by atoms with Crippen LogP contribution in [0.3, 0.4) is 0 Å². The average molecular weight is 424 g/mol. The lowest BCUT2D eigenvalue weighted by atomic mass is 10.2. The Labute approximate surface area is 174 Å². The van der Waals surface area contributed by atoms with Gasteiger partial charge in [0.15, 0.2) is 0 Å². The summed E-state index contributed by atoms with van der Waals surface area (Å²) >= 11 is 0. The first-order valence-electron chi connectivity index (χ1n) is 9.50. The normalized spacial score (nSPS) is 11.8. The number of nitrogens with zero attached hydrogens (tertiary/aromatic N) is 2. The zero-order chi connectivity index (χ0) is 21.3. The second kappa shape index (κ2) is 8.08. The van der Waals surface area contributed by atoms with Gasteiger partial charge in [-0.2, -0.15) is 13.2 Å². The van der Waals surface area contributed by atoms with Gasteiger partial charge in [0.2, 0.25) is 0 Å². The smallest absolute Gasteiger partial charge is 0.297 e. The zero-order valence-electron chi connectivity index (χ0n) is 16.6. The molecule has 0 aliphatic carbocycles. The highest BCUT2D eigenvalue weighted by Gasteiger charge is 2.31. The molecule has 6 heteroatoms. The second-order valence-electron chi connectivity index (χ2n) is 6.97. The molecule has 1 aromatic heterocycles. The van der Waals surface area contributed by atoms with E-state index in [1.54, 1.807) is 6.07 Å². The van der Waals surface area contributed by atoms with Crippen LogP contribution in [0.15, 0.2) is 84.9 Å². The van der Waals surface area contributed by atoms with E-state index < -0.39 is 19.7 Å². The third-order valence-electron chi connectivity index (χ3n) is 4.99. The third-order valence-corrected chi connectivity index (χ3v) is 7.32. The minimum Gasteiger partial charge on any atom is -0.297 e. The van der Waals surface area contributed by atoms with Gasteiger partial charge in [0.25, 0.3) is 0 Å². The summed E-state index contributed by atoms with van der Waals surface area (Å²) in [6.07, 6.45) is -4.40. The summed E-state index contributed by atoms with van der Waals surface area (Å²) in [4.78, 5) is 4.84. The zero-order valence-corrected chi connectivity index (χ0v) is 17.5. The lowest BCUT2D eigenvalue weighted by Gasteiger charge is -2.21. The van der Waals surface area contributed by atoms with E-state index in [1.165, 1.54) is 12.1 Å². The quantitative estimate of drug-likeness (QED) is 0.409. The number of benzene rings is 3. The third kappa shape index (κ3) is 3.90. The number of halogens is 3. The highest BCUT2D eigenvalue weighted by molar-refractivity contribution is 7.79. The van der Waals surface area contributed by atoms with Gasteiger partial charge in [-0.1, -0.05) is 66.7 Å². The lowest BCUT2D eigenvalue weighted by molar-refractivity contribution is -0.137. The first-order chi connectivity index (χ1) is 14.4. The van der Waals surface area contributed by atoms with Crippen LogP contribution >= 0.6 is 7.92 Å². The number of aryl methyl sites for hydroxylation is 1. The Bertz CT molecular complexity index is 1110. The van der Waals surface area contributed by atoms with E-state index in [0.717, 1.165) is 33.6 Å². The fourth-order valence-electron chi connectivity index (χ4n) is 3.41. The van der Waals surface area contributed by atoms with Crippen molar-refractivity contribution < 1.29 is 13.2 Å². The fourth-order valence-corrected chi connectivity index (χ4v) is 5.82. The summed E-state index contributed by atoms with van der Waals surface area (Å²) in [6.45, 7) is 3.79. The average Bonchev–Trinajstić information content (AvgIpc) is 3.03. The molecule has 0 unspecified atom stereocenters. The van der Waals surface area contributed by atoms with Crippen LogP contribution in [0.25, 0.3) is 5.69 Å². The molecule has 0 atom stereocenters. The molecule has 4 rings (SSSR count). The van der Waals surface area contributed by atoms with Crippen molar-refractivity contribution in [3.63, 3.8) is 0 Å². The van der Waals surface area contributed by atoms with Gasteiger partial charge in [-0.25, -0.2) is 4.98 Å². The van der Waals surface area contributed by atoms with Gasteiger partial charge in [-0.3, -0.25) is 4.57 Å². The van der Waals surface area contributed by atoms with E-state index in [9.17, 15) is 13.2 Å². The Balaban J connectivity index is 1.96. The standard InChI is InChI=1S/C24H20F3N2P/c1-17-18(2)29(20-11-9-10-19(16-20)24(25,26)27)23(28-17)30(21-12-5-3-6-13-21)22-14-7-4-8-15-22/h3-16H,1-2H3. The molecule has 0 fully saturated rings. The summed E-state index contributed by atoms with van der Waals surface area (Å²) in [6, 6.07) is 25.5. The predicted molar refractivity (Wildman–Crippen MR) is 117 cm³/mol. The molecule has 1 heterocycles. The van der Waals surface area contributed by atoms with Crippen LogP contribution in [0.4, 0.5) is 13.2 Å². The summed E-state index contributed by atoms with van der Waals surface area (Å²) in [5.74, 6) is 0. The first-order valence-corrected chi connectivity index (χ1v) is 10.8. The number of hydrogen-bond acceptors (Lipinski definition) is 1. The van der Waals surface area contributed by atoms with Gasteiger partial charge in [-0.15, -0.1) is 0 Å². The van der Waals surface area contributed by atoms with Crippen LogP contribution in [-0.4, -0.2) is 9.55 Å². The van der Waals surface area contributed by atoms with Crippen LogP contribution in [0, 0.1) is 13.8 Å². The van der Waals surface area contributed by atoms with Crippen molar-refractivity contribution >= 4 is 24.1 Å². The SMILES string of the molecule is Cc1nc(P(c2ccccc2)c2ccccc2)n(-c2cccc(C(F)(F)F)c2)c1C. The highest BCUT2D eigenvalue weighted by atomic mass is 31.1. The van der Waals surface area contributed by atoms with Crippen molar-refractivity contribution in [1.82, 2.24) is 9.55 Å². The number of hydrogen-bond donors (Lipinski definition) is 0. The van der Waals surface area contributed by atoms with Crippen molar-refractivity contribution in [1.29, 1.82) is 0 Å². The van der Waals surface area contributed by atoms with Crippen molar-refractivity contribution in [2.75, 3.05) is 0 Å². The Morgan fingerprint density at radius 2 is 1.33 bits per heavy atom. The molecule has 3 aromatic carbocycles. The fraction of sp³-hybridized carbons (Fsp3) is 0.125. The molecular weight excluding hydrogens is 404 g/mol. The molecule has 0 aliphatic heterocycles. The van der Waals surface area contributed by atoms with Crippen molar-refractivity contribution in [3.05, 3.63) is 102 Å². The lowest BCUT2D eigenvalue weighted by Crippen LogP contribution is -2.28. The molecule has 30 heavy (non-hydrogen) atoms. The predicted octanol–water partition coefficient (Wildman–Crippen LogP) is 5.27.